The van der Waals surface area contributed by atoms with Gasteiger partial charge in [0.15, 0.2) is 0 Å². The number of rotatable bonds is 6. The number of hydrogen-bond donors (Lipinski definition) is 3. The molecule has 0 fully saturated rings. The van der Waals surface area contributed by atoms with Gasteiger partial charge >= 0.3 is 0 Å². The average Bonchev–Trinajstić information content (AvgIpc) is 2.70. The first-order chi connectivity index (χ1) is 13.2. The first-order valence-electron chi connectivity index (χ1n) is 8.66. The van der Waals surface area contributed by atoms with Crippen molar-refractivity contribution in [1.29, 1.82) is 0 Å². The van der Waals surface area contributed by atoms with Gasteiger partial charge in [-0.1, -0.05) is 30.4 Å². The van der Waals surface area contributed by atoms with Crippen molar-refractivity contribution in [2.45, 2.75) is 24.7 Å². The molecule has 1 aromatic carbocycles. The summed E-state index contributed by atoms with van der Waals surface area (Å²) in [4.78, 5) is 28.3. The Hall–Kier alpha value is -3.03. The number of ether oxygens (including phenoxy) is 1. The Morgan fingerprint density at radius 3 is 2.52 bits per heavy atom. The number of aliphatic hydroxyl groups is 1. The van der Waals surface area contributed by atoms with Crippen LogP contribution in [0.4, 0.5) is 5.69 Å². The third-order valence-electron chi connectivity index (χ3n) is 4.15. The molecular formula is C20H21N3O4. The van der Waals surface area contributed by atoms with E-state index in [0.717, 1.165) is 0 Å². The quantitative estimate of drug-likeness (QED) is 0.672. The van der Waals surface area contributed by atoms with Crippen LogP contribution in [0, 0.1) is 0 Å². The maximum Gasteiger partial charge on any atom is 0.251 e. The molecule has 0 aliphatic carbocycles. The van der Waals surface area contributed by atoms with Crippen LogP contribution in [-0.2, 0) is 9.53 Å². The normalized spacial score (nSPS) is 21.4. The number of hydrogen-bond acceptors (Lipinski definition) is 5. The van der Waals surface area contributed by atoms with Crippen LogP contribution in [0.25, 0.3) is 0 Å². The van der Waals surface area contributed by atoms with E-state index in [4.69, 9.17) is 4.74 Å². The second-order valence-corrected chi connectivity index (χ2v) is 6.13. The van der Waals surface area contributed by atoms with Gasteiger partial charge in [0.1, 0.15) is 6.10 Å². The van der Waals surface area contributed by atoms with Crippen LogP contribution in [0.2, 0.25) is 0 Å². The molecule has 7 nitrogen and oxygen atoms in total. The summed E-state index contributed by atoms with van der Waals surface area (Å²) in [6, 6.07) is 11.9. The summed E-state index contributed by atoms with van der Waals surface area (Å²) in [6.07, 6.45) is 5.57. The number of pyridine rings is 1. The maximum atomic E-state index is 12.3. The first-order valence-corrected chi connectivity index (χ1v) is 8.66. The summed E-state index contributed by atoms with van der Waals surface area (Å²) in [5.74, 6) is -0.471. The van der Waals surface area contributed by atoms with Gasteiger partial charge in [-0.3, -0.25) is 14.6 Å². The van der Waals surface area contributed by atoms with Crippen LogP contribution >= 0.6 is 0 Å². The molecule has 1 aliphatic heterocycles. The van der Waals surface area contributed by atoms with Crippen molar-refractivity contribution in [3.8, 4) is 0 Å². The Kier molecular flexibility index (Phi) is 6.30. The molecule has 1 aromatic heterocycles. The monoisotopic (exact) mass is 367 g/mol. The van der Waals surface area contributed by atoms with Gasteiger partial charge in [0.25, 0.3) is 5.91 Å². The fourth-order valence-corrected chi connectivity index (χ4v) is 2.79. The molecule has 0 radical (unpaired) electrons. The predicted octanol–water partition coefficient (Wildman–Crippen LogP) is 1.52. The minimum absolute atomic E-state index is 0.118. The number of benzene rings is 1. The molecule has 3 rings (SSSR count). The summed E-state index contributed by atoms with van der Waals surface area (Å²) < 4.78 is 5.77. The van der Waals surface area contributed by atoms with Crippen LogP contribution < -0.4 is 10.6 Å². The van der Waals surface area contributed by atoms with Crippen LogP contribution in [0.5, 0.6) is 0 Å². The van der Waals surface area contributed by atoms with Crippen molar-refractivity contribution in [1.82, 2.24) is 10.3 Å². The number of anilines is 1. The molecular weight excluding hydrogens is 346 g/mol. The minimum Gasteiger partial charge on any atom is -0.394 e. The number of aliphatic hydroxyl groups excluding tert-OH is 1. The molecule has 0 saturated carbocycles. The van der Waals surface area contributed by atoms with E-state index in [0.29, 0.717) is 11.3 Å². The van der Waals surface area contributed by atoms with Crippen molar-refractivity contribution in [2.75, 3.05) is 11.9 Å². The van der Waals surface area contributed by atoms with Crippen molar-refractivity contribution in [3.63, 3.8) is 0 Å². The van der Waals surface area contributed by atoms with Gasteiger partial charge in [-0.15, -0.1) is 0 Å². The van der Waals surface area contributed by atoms with Crippen LogP contribution in [-0.4, -0.2) is 46.8 Å². The van der Waals surface area contributed by atoms with E-state index >= 15 is 0 Å². The molecule has 2 aromatic rings. The lowest BCUT2D eigenvalue weighted by atomic mass is 10.0. The van der Waals surface area contributed by atoms with E-state index in [1.165, 1.54) is 12.4 Å². The standard InChI is InChI=1S/C20H21N3O4/c24-13-18-17(23-20(26)14-8-10-21-11-9-14)7-6-16(27-18)12-19(25)22-15-4-2-1-3-5-15/h1-11,16-18,24H,12-13H2,(H,22,25)(H,23,26)/t16-,17+,18+/m1/s1. The van der Waals surface area contributed by atoms with E-state index in [-0.39, 0.29) is 24.8 Å². The van der Waals surface area contributed by atoms with Crippen molar-refractivity contribution < 1.29 is 19.4 Å². The number of para-hydroxylation sites is 1. The molecule has 0 bridgehead atoms. The highest BCUT2D eigenvalue weighted by atomic mass is 16.5. The summed E-state index contributed by atoms with van der Waals surface area (Å²) in [6.45, 7) is -0.275. The minimum atomic E-state index is -0.629. The molecule has 27 heavy (non-hydrogen) atoms. The number of carbonyl (C=O) groups is 2. The van der Waals surface area contributed by atoms with E-state index in [9.17, 15) is 14.7 Å². The molecule has 7 heteroatoms. The molecule has 140 valence electrons. The lowest BCUT2D eigenvalue weighted by molar-refractivity contribution is -0.120. The van der Waals surface area contributed by atoms with Crippen LogP contribution in [0.15, 0.2) is 67.0 Å². The molecule has 3 N–H and O–H groups in total. The zero-order valence-corrected chi connectivity index (χ0v) is 14.6. The fraction of sp³-hybridized carbons (Fsp3) is 0.250. The topological polar surface area (TPSA) is 101 Å². The Bertz CT molecular complexity index is 795. The summed E-state index contributed by atoms with van der Waals surface area (Å²) in [7, 11) is 0. The van der Waals surface area contributed by atoms with Crippen molar-refractivity contribution >= 4 is 17.5 Å². The lowest BCUT2D eigenvalue weighted by Crippen LogP contribution is -2.48. The number of aromatic nitrogens is 1. The van der Waals surface area contributed by atoms with Gasteiger partial charge in [-0.25, -0.2) is 0 Å². The highest BCUT2D eigenvalue weighted by Gasteiger charge is 2.29. The number of nitrogens with one attached hydrogen (secondary N) is 2. The summed E-state index contributed by atoms with van der Waals surface area (Å²) >= 11 is 0. The van der Waals surface area contributed by atoms with Gasteiger partial charge in [0.05, 0.1) is 25.2 Å². The van der Waals surface area contributed by atoms with E-state index in [2.05, 4.69) is 15.6 Å². The second kappa shape index (κ2) is 9.07. The molecule has 1 aliphatic rings. The smallest absolute Gasteiger partial charge is 0.251 e. The van der Waals surface area contributed by atoms with E-state index in [1.807, 2.05) is 18.2 Å². The molecule has 3 atom stereocenters. The van der Waals surface area contributed by atoms with Gasteiger partial charge in [0, 0.05) is 23.6 Å². The van der Waals surface area contributed by atoms with Gasteiger partial charge < -0.3 is 20.5 Å². The highest BCUT2D eigenvalue weighted by molar-refractivity contribution is 5.94. The van der Waals surface area contributed by atoms with Crippen LogP contribution in [0.1, 0.15) is 16.8 Å². The average molecular weight is 367 g/mol. The molecule has 0 spiro atoms. The zero-order chi connectivity index (χ0) is 19.1. The van der Waals surface area contributed by atoms with E-state index < -0.39 is 18.2 Å². The molecule has 2 heterocycles. The number of carbonyl (C=O) groups excluding carboxylic acids is 2. The Labute approximate surface area is 157 Å². The molecule has 0 unspecified atom stereocenters. The number of nitrogens with zero attached hydrogens (tertiary/aromatic N) is 1. The van der Waals surface area contributed by atoms with Gasteiger partial charge in [0.2, 0.25) is 5.91 Å². The Morgan fingerprint density at radius 2 is 1.81 bits per heavy atom. The summed E-state index contributed by atoms with van der Waals surface area (Å²) in [5, 5.41) is 15.2. The lowest BCUT2D eigenvalue weighted by Gasteiger charge is -2.31. The second-order valence-electron chi connectivity index (χ2n) is 6.13. The number of amides is 2. The Morgan fingerprint density at radius 1 is 1.07 bits per heavy atom. The van der Waals surface area contributed by atoms with E-state index in [1.54, 1.807) is 36.4 Å². The zero-order valence-electron chi connectivity index (χ0n) is 14.6. The van der Waals surface area contributed by atoms with Crippen molar-refractivity contribution in [3.05, 3.63) is 72.6 Å². The third kappa shape index (κ3) is 5.22. The first kappa shape index (κ1) is 18.8. The highest BCUT2D eigenvalue weighted by Crippen LogP contribution is 2.17. The molecule has 2 amide bonds. The van der Waals surface area contributed by atoms with Gasteiger partial charge in [-0.05, 0) is 24.3 Å². The predicted molar refractivity (Wildman–Crippen MR) is 100 cm³/mol. The maximum absolute atomic E-state index is 12.3. The van der Waals surface area contributed by atoms with Gasteiger partial charge in [-0.2, -0.15) is 0 Å². The summed E-state index contributed by atoms with van der Waals surface area (Å²) in [5.41, 5.74) is 1.18. The third-order valence-corrected chi connectivity index (χ3v) is 4.15. The SMILES string of the molecule is O=C(C[C@H]1C=C[C@H](NC(=O)c2ccncc2)[C@H](CO)O1)Nc1ccccc1. The largest absolute Gasteiger partial charge is 0.394 e. The van der Waals surface area contributed by atoms with Crippen molar-refractivity contribution in [2.24, 2.45) is 0 Å². The molecule has 0 saturated heterocycles. The van der Waals surface area contributed by atoms with Crippen LogP contribution in [0.3, 0.4) is 0 Å². The fourth-order valence-electron chi connectivity index (χ4n) is 2.79. The Balaban J connectivity index is 1.57.